The molecule has 1 N–H and O–H groups in total. The molecule has 132 valence electrons. The van der Waals surface area contributed by atoms with E-state index >= 15 is 0 Å². The molecule has 3 rings (SSSR count). The molecule has 0 atom stereocenters. The Morgan fingerprint density at radius 2 is 1.68 bits per heavy atom. The van der Waals surface area contributed by atoms with Crippen LogP contribution in [-0.2, 0) is 12.8 Å². The third-order valence-electron chi connectivity index (χ3n) is 4.87. The fourth-order valence-corrected chi connectivity index (χ4v) is 3.49. The minimum atomic E-state index is 0.0622. The molecule has 2 amide bonds. The quantitative estimate of drug-likeness (QED) is 0.837. The number of likely N-dealkylation sites (tertiary alicyclic amines) is 1. The summed E-state index contributed by atoms with van der Waals surface area (Å²) in [6.45, 7) is 2.36. The highest BCUT2D eigenvalue weighted by atomic mass is 35.5. The van der Waals surface area contributed by atoms with Crippen molar-refractivity contribution >= 4 is 17.6 Å². The summed E-state index contributed by atoms with van der Waals surface area (Å²) in [7, 11) is 0. The summed E-state index contributed by atoms with van der Waals surface area (Å²) in [5.41, 5.74) is 2.58. The smallest absolute Gasteiger partial charge is 0.317 e. The average molecular weight is 357 g/mol. The van der Waals surface area contributed by atoms with Crippen molar-refractivity contribution in [1.82, 2.24) is 10.2 Å². The molecule has 0 bridgehead atoms. The highest BCUT2D eigenvalue weighted by molar-refractivity contribution is 6.30. The molecule has 1 aliphatic rings. The first kappa shape index (κ1) is 17.8. The van der Waals surface area contributed by atoms with Crippen molar-refractivity contribution in [2.75, 3.05) is 19.6 Å². The van der Waals surface area contributed by atoms with Gasteiger partial charge in [-0.2, -0.15) is 0 Å². The first-order valence-corrected chi connectivity index (χ1v) is 9.39. The molecule has 2 aromatic rings. The normalized spacial score (nSPS) is 15.2. The van der Waals surface area contributed by atoms with Gasteiger partial charge in [0.05, 0.1) is 0 Å². The second-order valence-electron chi connectivity index (χ2n) is 6.73. The minimum absolute atomic E-state index is 0.0622. The summed E-state index contributed by atoms with van der Waals surface area (Å²) >= 11 is 5.88. The number of nitrogens with zero attached hydrogens (tertiary/aromatic N) is 1. The first-order valence-electron chi connectivity index (χ1n) is 9.02. The molecule has 2 aromatic carbocycles. The van der Waals surface area contributed by atoms with Crippen LogP contribution in [0.1, 0.15) is 24.0 Å². The van der Waals surface area contributed by atoms with Crippen molar-refractivity contribution in [3.63, 3.8) is 0 Å². The van der Waals surface area contributed by atoms with Crippen LogP contribution in [0.5, 0.6) is 0 Å². The Labute approximate surface area is 155 Å². The number of nitrogens with one attached hydrogen (secondary N) is 1. The van der Waals surface area contributed by atoms with Crippen LogP contribution < -0.4 is 5.32 Å². The lowest BCUT2D eigenvalue weighted by molar-refractivity contribution is 0.170. The topological polar surface area (TPSA) is 32.3 Å². The van der Waals surface area contributed by atoms with E-state index in [0.717, 1.165) is 43.8 Å². The van der Waals surface area contributed by atoms with Gasteiger partial charge in [0, 0.05) is 24.7 Å². The summed E-state index contributed by atoms with van der Waals surface area (Å²) in [6.07, 6.45) is 4.11. The van der Waals surface area contributed by atoms with Gasteiger partial charge in [0.25, 0.3) is 0 Å². The van der Waals surface area contributed by atoms with Crippen molar-refractivity contribution in [1.29, 1.82) is 0 Å². The van der Waals surface area contributed by atoms with Crippen LogP contribution in [0.3, 0.4) is 0 Å². The fourth-order valence-electron chi connectivity index (χ4n) is 3.36. The van der Waals surface area contributed by atoms with Crippen LogP contribution in [0.2, 0.25) is 5.02 Å². The predicted octanol–water partition coefficient (Wildman–Crippen LogP) is 4.55. The predicted molar refractivity (Wildman–Crippen MR) is 103 cm³/mol. The van der Waals surface area contributed by atoms with Crippen molar-refractivity contribution in [3.8, 4) is 0 Å². The van der Waals surface area contributed by atoms with Crippen LogP contribution in [0.4, 0.5) is 4.79 Å². The minimum Gasteiger partial charge on any atom is -0.338 e. The number of amides is 2. The Morgan fingerprint density at radius 3 is 2.36 bits per heavy atom. The summed E-state index contributed by atoms with van der Waals surface area (Å²) in [5.74, 6) is 0.681. The zero-order valence-corrected chi connectivity index (χ0v) is 15.2. The van der Waals surface area contributed by atoms with Gasteiger partial charge in [-0.05, 0) is 54.9 Å². The Balaban J connectivity index is 1.37. The molecule has 0 aliphatic carbocycles. The van der Waals surface area contributed by atoms with E-state index in [9.17, 15) is 4.79 Å². The molecule has 1 heterocycles. The molecule has 0 radical (unpaired) electrons. The molecule has 0 spiro atoms. The maximum atomic E-state index is 12.3. The number of carbonyl (C=O) groups excluding carboxylic acids is 1. The SMILES string of the molecule is O=C(NCCc1ccc(Cl)cc1)N1CCC(Cc2ccccc2)CC1. The number of halogens is 1. The van der Waals surface area contributed by atoms with Crippen molar-refractivity contribution < 1.29 is 4.79 Å². The second-order valence-corrected chi connectivity index (χ2v) is 7.16. The van der Waals surface area contributed by atoms with E-state index in [1.54, 1.807) is 0 Å². The molecule has 4 heteroatoms. The Bertz CT molecular complexity index is 664. The highest BCUT2D eigenvalue weighted by Crippen LogP contribution is 2.21. The van der Waals surface area contributed by atoms with Gasteiger partial charge >= 0.3 is 6.03 Å². The fraction of sp³-hybridized carbons (Fsp3) is 0.381. The van der Waals surface area contributed by atoms with Gasteiger partial charge in [-0.15, -0.1) is 0 Å². The summed E-state index contributed by atoms with van der Waals surface area (Å²) in [5, 5.41) is 3.78. The van der Waals surface area contributed by atoms with Gasteiger partial charge in [0.2, 0.25) is 0 Å². The number of urea groups is 1. The van der Waals surface area contributed by atoms with Gasteiger partial charge in [0.1, 0.15) is 0 Å². The Morgan fingerprint density at radius 1 is 1.00 bits per heavy atom. The maximum absolute atomic E-state index is 12.3. The van der Waals surface area contributed by atoms with E-state index in [0.29, 0.717) is 12.5 Å². The maximum Gasteiger partial charge on any atom is 0.317 e. The van der Waals surface area contributed by atoms with Crippen LogP contribution in [0, 0.1) is 5.92 Å². The standard InChI is InChI=1S/C21H25ClN2O/c22-20-8-6-17(7-9-20)10-13-23-21(25)24-14-11-19(12-15-24)16-18-4-2-1-3-5-18/h1-9,19H,10-16H2,(H,23,25). The molecule has 3 nitrogen and oxygen atoms in total. The molecular weight excluding hydrogens is 332 g/mol. The van der Waals surface area contributed by atoms with Crippen molar-refractivity contribution in [3.05, 3.63) is 70.7 Å². The zero-order valence-electron chi connectivity index (χ0n) is 14.5. The number of rotatable bonds is 5. The third-order valence-corrected chi connectivity index (χ3v) is 5.12. The lowest BCUT2D eigenvalue weighted by Crippen LogP contribution is -2.45. The molecule has 25 heavy (non-hydrogen) atoms. The number of hydrogen-bond acceptors (Lipinski definition) is 1. The van der Waals surface area contributed by atoms with Crippen LogP contribution in [0.15, 0.2) is 54.6 Å². The van der Waals surface area contributed by atoms with E-state index in [-0.39, 0.29) is 6.03 Å². The van der Waals surface area contributed by atoms with E-state index in [1.807, 2.05) is 29.2 Å². The molecule has 0 unspecified atom stereocenters. The highest BCUT2D eigenvalue weighted by Gasteiger charge is 2.22. The van der Waals surface area contributed by atoms with Crippen molar-refractivity contribution in [2.45, 2.75) is 25.7 Å². The summed E-state index contributed by atoms with van der Waals surface area (Å²) < 4.78 is 0. The van der Waals surface area contributed by atoms with E-state index in [2.05, 4.69) is 35.6 Å². The zero-order chi connectivity index (χ0) is 17.5. The molecule has 0 aromatic heterocycles. The Hall–Kier alpha value is -2.00. The van der Waals surface area contributed by atoms with Gasteiger partial charge in [0.15, 0.2) is 0 Å². The van der Waals surface area contributed by atoms with Gasteiger partial charge < -0.3 is 10.2 Å². The van der Waals surface area contributed by atoms with Crippen molar-refractivity contribution in [2.24, 2.45) is 5.92 Å². The lowest BCUT2D eigenvalue weighted by Gasteiger charge is -2.32. The molecule has 1 fully saturated rings. The third kappa shape index (κ3) is 5.50. The first-order chi connectivity index (χ1) is 12.2. The number of benzene rings is 2. The number of hydrogen-bond donors (Lipinski definition) is 1. The number of piperidine rings is 1. The van der Waals surface area contributed by atoms with E-state index in [1.165, 1.54) is 11.1 Å². The largest absolute Gasteiger partial charge is 0.338 e. The van der Waals surface area contributed by atoms with Gasteiger partial charge in [-0.25, -0.2) is 4.79 Å². The molecular formula is C21H25ClN2O. The Kier molecular flexibility index (Phi) is 6.35. The monoisotopic (exact) mass is 356 g/mol. The van der Waals surface area contributed by atoms with E-state index < -0.39 is 0 Å². The van der Waals surface area contributed by atoms with Crippen LogP contribution in [0.25, 0.3) is 0 Å². The second kappa shape index (κ2) is 8.91. The summed E-state index contributed by atoms with van der Waals surface area (Å²) in [4.78, 5) is 14.2. The van der Waals surface area contributed by atoms with Gasteiger partial charge in [-0.1, -0.05) is 54.1 Å². The average Bonchev–Trinajstić information content (AvgIpc) is 2.65. The molecule has 0 saturated carbocycles. The summed E-state index contributed by atoms with van der Waals surface area (Å²) in [6, 6.07) is 18.5. The molecule has 1 aliphatic heterocycles. The lowest BCUT2D eigenvalue weighted by atomic mass is 9.90. The van der Waals surface area contributed by atoms with Crippen LogP contribution >= 0.6 is 11.6 Å². The van der Waals surface area contributed by atoms with E-state index in [4.69, 9.17) is 11.6 Å². The van der Waals surface area contributed by atoms with Crippen LogP contribution in [-0.4, -0.2) is 30.6 Å². The molecule has 1 saturated heterocycles. The van der Waals surface area contributed by atoms with Gasteiger partial charge in [-0.3, -0.25) is 0 Å². The number of carbonyl (C=O) groups is 1.